The van der Waals surface area contributed by atoms with E-state index in [-0.39, 0.29) is 25.4 Å². The molecule has 1 aromatic heterocycles. The monoisotopic (exact) mass is 364 g/mol. The molecule has 0 saturated heterocycles. The predicted molar refractivity (Wildman–Crippen MR) is 93.7 cm³/mol. The molecule has 1 atom stereocenters. The van der Waals surface area contributed by atoms with Gasteiger partial charge in [-0.05, 0) is 6.92 Å². The number of carbonyl (C=O) groups is 1. The quantitative estimate of drug-likeness (QED) is 0.388. The van der Waals surface area contributed by atoms with E-state index < -0.39 is 12.1 Å². The molecule has 142 valence electrons. The Morgan fingerprint density at radius 2 is 1.77 bits per heavy atom. The minimum absolute atomic E-state index is 0.0967. The van der Waals surface area contributed by atoms with Gasteiger partial charge in [0.15, 0.2) is 0 Å². The predicted octanol–water partition coefficient (Wildman–Crippen LogP) is 0.975. The van der Waals surface area contributed by atoms with E-state index in [1.807, 2.05) is 0 Å². The third kappa shape index (κ3) is 8.15. The standard InChI is InChI=1S/C18H24N2O6/c1-4-7-23-10-11-25-9-6-20-14-16(18(21)22)17(19-20)15(3)26-13-12-24-8-5-2/h1-2,14-15H,6-13H2,3H3,(H,21,22). The number of hydrogen-bond donors (Lipinski definition) is 1. The van der Waals surface area contributed by atoms with Crippen molar-refractivity contribution >= 4 is 5.97 Å². The minimum Gasteiger partial charge on any atom is -0.478 e. The van der Waals surface area contributed by atoms with Gasteiger partial charge >= 0.3 is 5.97 Å². The Labute approximate surface area is 153 Å². The van der Waals surface area contributed by atoms with E-state index in [0.29, 0.717) is 38.7 Å². The van der Waals surface area contributed by atoms with Crippen LogP contribution >= 0.6 is 0 Å². The summed E-state index contributed by atoms with van der Waals surface area (Å²) >= 11 is 0. The lowest BCUT2D eigenvalue weighted by atomic mass is 10.2. The molecule has 0 aliphatic heterocycles. The van der Waals surface area contributed by atoms with Crippen LogP contribution in [0.5, 0.6) is 0 Å². The van der Waals surface area contributed by atoms with Gasteiger partial charge in [0.1, 0.15) is 24.5 Å². The summed E-state index contributed by atoms with van der Waals surface area (Å²) in [6.45, 7) is 4.39. The molecule has 0 saturated carbocycles. The molecule has 8 nitrogen and oxygen atoms in total. The SMILES string of the molecule is C#CCOCCOCCn1cc(C(=O)O)c(C(C)OCCOCC#C)n1. The molecule has 0 aliphatic rings. The van der Waals surface area contributed by atoms with Crippen LogP contribution in [0.2, 0.25) is 0 Å². The van der Waals surface area contributed by atoms with Crippen molar-refractivity contribution in [1.29, 1.82) is 0 Å². The number of nitrogens with zero attached hydrogens (tertiary/aromatic N) is 2. The number of terminal acetylenes is 2. The Hall–Kier alpha value is -2.36. The summed E-state index contributed by atoms with van der Waals surface area (Å²) in [5.41, 5.74) is 0.450. The molecule has 0 fully saturated rings. The average Bonchev–Trinajstić information content (AvgIpc) is 3.05. The summed E-state index contributed by atoms with van der Waals surface area (Å²) in [5, 5.41) is 13.6. The van der Waals surface area contributed by atoms with Crippen LogP contribution in [-0.4, -0.2) is 67.1 Å². The van der Waals surface area contributed by atoms with E-state index in [1.165, 1.54) is 10.9 Å². The van der Waals surface area contributed by atoms with Gasteiger partial charge in [-0.1, -0.05) is 11.8 Å². The second-order valence-electron chi connectivity index (χ2n) is 5.14. The second kappa shape index (κ2) is 12.9. The molecule has 0 spiro atoms. The third-order valence-electron chi connectivity index (χ3n) is 3.21. The van der Waals surface area contributed by atoms with Gasteiger partial charge in [-0.2, -0.15) is 5.10 Å². The van der Waals surface area contributed by atoms with Crippen LogP contribution in [0, 0.1) is 24.7 Å². The van der Waals surface area contributed by atoms with E-state index in [0.717, 1.165) is 0 Å². The van der Waals surface area contributed by atoms with Crippen molar-refractivity contribution in [2.75, 3.05) is 46.2 Å². The largest absolute Gasteiger partial charge is 0.478 e. The summed E-state index contributed by atoms with van der Waals surface area (Å²) in [5.74, 6) is 3.66. The molecule has 1 aromatic rings. The van der Waals surface area contributed by atoms with Gasteiger partial charge in [0.05, 0.1) is 45.7 Å². The topological polar surface area (TPSA) is 92.0 Å². The highest BCUT2D eigenvalue weighted by Gasteiger charge is 2.21. The van der Waals surface area contributed by atoms with Crippen LogP contribution in [-0.2, 0) is 25.5 Å². The fourth-order valence-corrected chi connectivity index (χ4v) is 2.02. The molecule has 1 N–H and O–H groups in total. The smallest absolute Gasteiger partial charge is 0.339 e. The lowest BCUT2D eigenvalue weighted by Crippen LogP contribution is -2.12. The third-order valence-corrected chi connectivity index (χ3v) is 3.21. The highest BCUT2D eigenvalue weighted by molar-refractivity contribution is 5.88. The Morgan fingerprint density at radius 1 is 1.15 bits per heavy atom. The molecule has 0 bridgehead atoms. The van der Waals surface area contributed by atoms with Crippen LogP contribution in [0.1, 0.15) is 29.1 Å². The molecule has 0 radical (unpaired) electrons. The van der Waals surface area contributed by atoms with Crippen LogP contribution < -0.4 is 0 Å². The highest BCUT2D eigenvalue weighted by Crippen LogP contribution is 2.19. The van der Waals surface area contributed by atoms with Gasteiger partial charge in [0.25, 0.3) is 0 Å². The van der Waals surface area contributed by atoms with Gasteiger partial charge in [0.2, 0.25) is 0 Å². The number of aromatic carboxylic acids is 1. The molecular formula is C18H24N2O6. The normalized spacial score (nSPS) is 11.7. The van der Waals surface area contributed by atoms with Crippen LogP contribution in [0.15, 0.2) is 6.20 Å². The fraction of sp³-hybridized carbons (Fsp3) is 0.556. The van der Waals surface area contributed by atoms with E-state index in [2.05, 4.69) is 16.9 Å². The molecule has 0 amide bonds. The van der Waals surface area contributed by atoms with Crippen molar-refractivity contribution in [3.63, 3.8) is 0 Å². The van der Waals surface area contributed by atoms with Gasteiger partial charge < -0.3 is 24.1 Å². The number of carboxylic acids is 1. The molecule has 0 aromatic carbocycles. The van der Waals surface area contributed by atoms with E-state index in [1.54, 1.807) is 6.92 Å². The maximum atomic E-state index is 11.4. The first-order valence-corrected chi connectivity index (χ1v) is 8.12. The lowest BCUT2D eigenvalue weighted by molar-refractivity contribution is 0.0161. The minimum atomic E-state index is -1.06. The second-order valence-corrected chi connectivity index (χ2v) is 5.14. The summed E-state index contributed by atoms with van der Waals surface area (Å²) in [6.07, 6.45) is 11.1. The van der Waals surface area contributed by atoms with Crippen molar-refractivity contribution in [1.82, 2.24) is 9.78 Å². The highest BCUT2D eigenvalue weighted by atomic mass is 16.5. The first kappa shape index (κ1) is 21.7. The molecule has 0 aliphatic carbocycles. The Kier molecular flexibility index (Phi) is 10.8. The van der Waals surface area contributed by atoms with Gasteiger partial charge in [0, 0.05) is 6.20 Å². The zero-order chi connectivity index (χ0) is 19.2. The molecule has 1 heterocycles. The molecule has 1 unspecified atom stereocenters. The first-order chi connectivity index (χ1) is 12.6. The van der Waals surface area contributed by atoms with Crippen LogP contribution in [0.25, 0.3) is 0 Å². The van der Waals surface area contributed by atoms with Gasteiger partial charge in [-0.15, -0.1) is 12.8 Å². The zero-order valence-electron chi connectivity index (χ0n) is 14.8. The van der Waals surface area contributed by atoms with E-state index in [9.17, 15) is 9.90 Å². The van der Waals surface area contributed by atoms with Gasteiger partial charge in [-0.3, -0.25) is 4.68 Å². The fourth-order valence-electron chi connectivity index (χ4n) is 2.02. The maximum absolute atomic E-state index is 11.4. The van der Waals surface area contributed by atoms with Crippen molar-refractivity contribution in [2.45, 2.75) is 19.6 Å². The molecule has 1 rings (SSSR count). The number of rotatable bonds is 14. The summed E-state index contributed by atoms with van der Waals surface area (Å²) in [4.78, 5) is 11.4. The molecular weight excluding hydrogens is 340 g/mol. The Balaban J connectivity index is 2.47. The van der Waals surface area contributed by atoms with Crippen molar-refractivity contribution < 1.29 is 28.8 Å². The summed E-state index contributed by atoms with van der Waals surface area (Å²) in [7, 11) is 0. The Bertz CT molecular complexity index is 629. The first-order valence-electron chi connectivity index (χ1n) is 8.12. The zero-order valence-corrected chi connectivity index (χ0v) is 14.8. The average molecular weight is 364 g/mol. The number of aromatic nitrogens is 2. The molecule has 26 heavy (non-hydrogen) atoms. The number of hydrogen-bond acceptors (Lipinski definition) is 6. The Morgan fingerprint density at radius 3 is 2.38 bits per heavy atom. The summed E-state index contributed by atoms with van der Waals surface area (Å²) < 4.78 is 22.7. The number of ether oxygens (including phenoxy) is 4. The van der Waals surface area contributed by atoms with Gasteiger partial charge in [-0.25, -0.2) is 4.79 Å². The summed E-state index contributed by atoms with van der Waals surface area (Å²) in [6, 6.07) is 0. The van der Waals surface area contributed by atoms with Crippen molar-refractivity contribution in [2.24, 2.45) is 0 Å². The molecule has 8 heteroatoms. The lowest BCUT2D eigenvalue weighted by Gasteiger charge is -2.11. The van der Waals surface area contributed by atoms with Crippen molar-refractivity contribution in [3.8, 4) is 24.7 Å². The van der Waals surface area contributed by atoms with E-state index >= 15 is 0 Å². The van der Waals surface area contributed by atoms with E-state index in [4.69, 9.17) is 31.8 Å². The number of carboxylic acid groups (broad SMARTS) is 1. The maximum Gasteiger partial charge on any atom is 0.339 e. The van der Waals surface area contributed by atoms with Crippen LogP contribution in [0.3, 0.4) is 0 Å². The van der Waals surface area contributed by atoms with Crippen molar-refractivity contribution in [3.05, 3.63) is 17.5 Å². The van der Waals surface area contributed by atoms with Crippen LogP contribution in [0.4, 0.5) is 0 Å².